The van der Waals surface area contributed by atoms with Crippen LogP contribution >= 0.6 is 0 Å². The molecule has 4 heteroatoms. The van der Waals surface area contributed by atoms with Crippen molar-refractivity contribution in [2.75, 3.05) is 13.1 Å². The largest absolute Gasteiger partial charge is 0.444 e. The van der Waals surface area contributed by atoms with Gasteiger partial charge in [0.25, 0.3) is 0 Å². The maximum Gasteiger partial charge on any atom is 0.410 e. The van der Waals surface area contributed by atoms with Crippen LogP contribution in [0.5, 0.6) is 0 Å². The first-order valence-electron chi connectivity index (χ1n) is 6.70. The standard InChI is InChI=1S/C13H24N2O2/c1-13(2,3)17-12(16)15-9-5-6-10-11(15)7-4-8-14-10/h10-11,14H,4-9H2,1-3H3. The summed E-state index contributed by atoms with van der Waals surface area (Å²) in [7, 11) is 0. The second-order valence-corrected chi connectivity index (χ2v) is 6.09. The van der Waals surface area contributed by atoms with Crippen molar-refractivity contribution >= 4 is 6.09 Å². The Balaban J connectivity index is 2.01. The topological polar surface area (TPSA) is 41.6 Å². The third-order valence-corrected chi connectivity index (χ3v) is 3.49. The van der Waals surface area contributed by atoms with Crippen molar-refractivity contribution in [2.45, 2.75) is 64.1 Å². The van der Waals surface area contributed by atoms with Crippen LogP contribution in [0.4, 0.5) is 4.79 Å². The smallest absolute Gasteiger partial charge is 0.410 e. The van der Waals surface area contributed by atoms with Crippen LogP contribution in [0.3, 0.4) is 0 Å². The number of nitrogens with zero attached hydrogens (tertiary/aromatic N) is 1. The van der Waals surface area contributed by atoms with Crippen LogP contribution in [0.1, 0.15) is 46.5 Å². The number of hydrogen-bond donors (Lipinski definition) is 1. The lowest BCUT2D eigenvalue weighted by atomic mass is 9.90. The van der Waals surface area contributed by atoms with Crippen LogP contribution in [0.25, 0.3) is 0 Å². The molecule has 2 atom stereocenters. The van der Waals surface area contributed by atoms with E-state index in [4.69, 9.17) is 4.74 Å². The van der Waals surface area contributed by atoms with Gasteiger partial charge in [0.1, 0.15) is 5.60 Å². The predicted molar refractivity (Wildman–Crippen MR) is 67.0 cm³/mol. The maximum absolute atomic E-state index is 12.1. The van der Waals surface area contributed by atoms with E-state index in [1.165, 1.54) is 6.42 Å². The molecule has 1 N–H and O–H groups in total. The van der Waals surface area contributed by atoms with Crippen molar-refractivity contribution < 1.29 is 9.53 Å². The lowest BCUT2D eigenvalue weighted by molar-refractivity contribution is -0.000231. The molecule has 0 aliphatic carbocycles. The first-order chi connectivity index (χ1) is 7.97. The van der Waals surface area contributed by atoms with Crippen LogP contribution in [-0.2, 0) is 4.74 Å². The Morgan fingerprint density at radius 2 is 2.06 bits per heavy atom. The van der Waals surface area contributed by atoms with Gasteiger partial charge in [-0.3, -0.25) is 0 Å². The lowest BCUT2D eigenvalue weighted by Gasteiger charge is -2.44. The molecule has 98 valence electrons. The number of amides is 1. The number of piperidine rings is 2. The minimum absolute atomic E-state index is 0.143. The van der Waals surface area contributed by atoms with Crippen molar-refractivity contribution in [1.29, 1.82) is 0 Å². The summed E-state index contributed by atoms with van der Waals surface area (Å²) in [6.45, 7) is 7.70. The highest BCUT2D eigenvalue weighted by molar-refractivity contribution is 5.68. The molecule has 1 amide bonds. The van der Waals surface area contributed by atoms with Gasteiger partial charge < -0.3 is 15.0 Å². The van der Waals surface area contributed by atoms with Gasteiger partial charge in [0, 0.05) is 12.6 Å². The predicted octanol–water partition coefficient (Wildman–Crippen LogP) is 2.14. The summed E-state index contributed by atoms with van der Waals surface area (Å²) in [6.07, 6.45) is 4.38. The monoisotopic (exact) mass is 240 g/mol. The molecule has 0 saturated carbocycles. The SMILES string of the molecule is CC(C)(C)OC(=O)N1CCCC2NCCCC21. The van der Waals surface area contributed by atoms with E-state index in [9.17, 15) is 4.79 Å². The van der Waals surface area contributed by atoms with Crippen molar-refractivity contribution in [3.8, 4) is 0 Å². The van der Waals surface area contributed by atoms with Crippen molar-refractivity contribution in [2.24, 2.45) is 0 Å². The van der Waals surface area contributed by atoms with Gasteiger partial charge in [0.05, 0.1) is 6.04 Å². The minimum Gasteiger partial charge on any atom is -0.444 e. The highest BCUT2D eigenvalue weighted by Gasteiger charge is 2.37. The van der Waals surface area contributed by atoms with Gasteiger partial charge >= 0.3 is 6.09 Å². The van der Waals surface area contributed by atoms with Gasteiger partial charge in [-0.2, -0.15) is 0 Å². The lowest BCUT2D eigenvalue weighted by Crippen LogP contribution is -2.59. The number of fused-ring (bicyclic) bond motifs is 1. The van der Waals surface area contributed by atoms with Crippen molar-refractivity contribution in [3.63, 3.8) is 0 Å². The van der Waals surface area contributed by atoms with E-state index in [-0.39, 0.29) is 6.09 Å². The van der Waals surface area contributed by atoms with Gasteiger partial charge in [-0.15, -0.1) is 0 Å². The van der Waals surface area contributed by atoms with E-state index in [0.29, 0.717) is 12.1 Å². The normalized spacial score (nSPS) is 29.7. The van der Waals surface area contributed by atoms with Crippen molar-refractivity contribution in [1.82, 2.24) is 10.2 Å². The number of nitrogens with one attached hydrogen (secondary N) is 1. The average Bonchev–Trinajstić information content (AvgIpc) is 2.26. The number of hydrogen-bond acceptors (Lipinski definition) is 3. The van der Waals surface area contributed by atoms with Gasteiger partial charge in [-0.1, -0.05) is 0 Å². The molecule has 0 aromatic rings. The Morgan fingerprint density at radius 3 is 2.76 bits per heavy atom. The molecule has 2 saturated heterocycles. The summed E-state index contributed by atoms with van der Waals surface area (Å²) in [5.74, 6) is 0. The third kappa shape index (κ3) is 3.12. The molecule has 2 aliphatic heterocycles. The van der Waals surface area contributed by atoms with E-state index in [1.54, 1.807) is 0 Å². The summed E-state index contributed by atoms with van der Waals surface area (Å²) in [5.41, 5.74) is -0.397. The van der Waals surface area contributed by atoms with Gasteiger partial charge in [-0.05, 0) is 53.0 Å². The summed E-state index contributed by atoms with van der Waals surface area (Å²) in [4.78, 5) is 14.1. The van der Waals surface area contributed by atoms with E-state index < -0.39 is 5.60 Å². The minimum atomic E-state index is -0.397. The highest BCUT2D eigenvalue weighted by atomic mass is 16.6. The first kappa shape index (κ1) is 12.7. The fourth-order valence-electron chi connectivity index (χ4n) is 2.80. The number of likely N-dealkylation sites (tertiary alicyclic amines) is 1. The fourth-order valence-corrected chi connectivity index (χ4v) is 2.80. The molecule has 2 fully saturated rings. The van der Waals surface area contributed by atoms with Crippen LogP contribution < -0.4 is 5.32 Å². The molecule has 2 aliphatic rings. The van der Waals surface area contributed by atoms with Crippen molar-refractivity contribution in [3.05, 3.63) is 0 Å². The van der Waals surface area contributed by atoms with Crippen LogP contribution in [0, 0.1) is 0 Å². The third-order valence-electron chi connectivity index (χ3n) is 3.49. The molecule has 17 heavy (non-hydrogen) atoms. The number of ether oxygens (including phenoxy) is 1. The quantitative estimate of drug-likeness (QED) is 0.705. The van der Waals surface area contributed by atoms with Crippen LogP contribution in [-0.4, -0.2) is 41.8 Å². The van der Waals surface area contributed by atoms with Crippen LogP contribution in [0.15, 0.2) is 0 Å². The second kappa shape index (κ2) is 4.84. The Kier molecular flexibility index (Phi) is 3.61. The number of carbonyl (C=O) groups excluding carboxylic acids is 1. The zero-order chi connectivity index (χ0) is 12.5. The highest BCUT2D eigenvalue weighted by Crippen LogP contribution is 2.26. The molecule has 0 spiro atoms. The summed E-state index contributed by atoms with van der Waals surface area (Å²) in [6, 6.07) is 0.817. The van der Waals surface area contributed by atoms with E-state index >= 15 is 0 Å². The molecule has 0 aromatic carbocycles. The Morgan fingerprint density at radius 1 is 1.29 bits per heavy atom. The zero-order valence-corrected chi connectivity index (χ0v) is 11.2. The Labute approximate surface area is 104 Å². The Hall–Kier alpha value is -0.770. The average molecular weight is 240 g/mol. The van der Waals surface area contributed by atoms with Gasteiger partial charge in [0.2, 0.25) is 0 Å². The molecule has 4 nitrogen and oxygen atoms in total. The molecule has 0 radical (unpaired) electrons. The van der Waals surface area contributed by atoms with Crippen LogP contribution in [0.2, 0.25) is 0 Å². The number of carbonyl (C=O) groups is 1. The molecule has 0 bridgehead atoms. The fraction of sp³-hybridized carbons (Fsp3) is 0.923. The van der Waals surface area contributed by atoms with Gasteiger partial charge in [0.15, 0.2) is 0 Å². The summed E-state index contributed by atoms with van der Waals surface area (Å²) < 4.78 is 5.49. The summed E-state index contributed by atoms with van der Waals surface area (Å²) in [5, 5.41) is 3.52. The van der Waals surface area contributed by atoms with E-state index in [0.717, 1.165) is 32.4 Å². The zero-order valence-electron chi connectivity index (χ0n) is 11.2. The van der Waals surface area contributed by atoms with E-state index in [2.05, 4.69) is 5.32 Å². The molecule has 2 heterocycles. The molecular weight excluding hydrogens is 216 g/mol. The van der Waals surface area contributed by atoms with E-state index in [1.807, 2.05) is 25.7 Å². The second-order valence-electron chi connectivity index (χ2n) is 6.09. The molecule has 2 unspecified atom stereocenters. The molecular formula is C13H24N2O2. The maximum atomic E-state index is 12.1. The number of rotatable bonds is 0. The summed E-state index contributed by atoms with van der Waals surface area (Å²) >= 11 is 0. The molecule has 2 rings (SSSR count). The van der Waals surface area contributed by atoms with Gasteiger partial charge in [-0.25, -0.2) is 4.79 Å². The molecule has 0 aromatic heterocycles. The Bertz CT molecular complexity index is 284. The first-order valence-corrected chi connectivity index (χ1v) is 6.70.